The van der Waals surface area contributed by atoms with E-state index < -0.39 is 41.7 Å². The van der Waals surface area contributed by atoms with Gasteiger partial charge in [-0.3, -0.25) is 4.90 Å². The zero-order valence-electron chi connectivity index (χ0n) is 21.4. The number of alkyl halides is 6. The normalized spacial score (nSPS) is 22.9. The number of cyclic esters (lactones) is 1. The molecule has 2 aliphatic carbocycles. The summed E-state index contributed by atoms with van der Waals surface area (Å²) in [5.41, 5.74) is 6.26. The van der Waals surface area contributed by atoms with Crippen LogP contribution >= 0.6 is 0 Å². The quantitative estimate of drug-likeness (QED) is 0.305. The predicted octanol–water partition coefficient (Wildman–Crippen LogP) is 7.61. The highest BCUT2D eigenvalue weighted by atomic mass is 19.4. The summed E-state index contributed by atoms with van der Waals surface area (Å²) >= 11 is 0. The molecule has 0 radical (unpaired) electrons. The number of halogens is 6. The van der Waals surface area contributed by atoms with Gasteiger partial charge in [0.15, 0.2) is 0 Å². The van der Waals surface area contributed by atoms with Crippen molar-refractivity contribution in [3.8, 4) is 5.75 Å². The Balaban J connectivity index is 1.50. The Bertz CT molecular complexity index is 1300. The highest BCUT2D eigenvalue weighted by molar-refractivity contribution is 5.78. The third-order valence-electron chi connectivity index (χ3n) is 8.12. The lowest BCUT2D eigenvalue weighted by molar-refractivity contribution is -0.143. The molecule has 1 amide bonds. The van der Waals surface area contributed by atoms with Gasteiger partial charge in [0.1, 0.15) is 11.9 Å². The van der Waals surface area contributed by atoms with Gasteiger partial charge in [-0.1, -0.05) is 0 Å². The lowest BCUT2D eigenvalue weighted by Gasteiger charge is -2.31. The first kappa shape index (κ1) is 27.2. The minimum atomic E-state index is -5.00. The number of rotatable bonds is 5. The monoisotopic (exact) mass is 554 g/mol. The Hall–Kier alpha value is -3.37. The molecule has 5 rings (SSSR count). The van der Waals surface area contributed by atoms with Crippen molar-refractivity contribution in [2.75, 3.05) is 19.4 Å². The molecule has 2 fully saturated rings. The third-order valence-corrected chi connectivity index (χ3v) is 8.12. The lowest BCUT2D eigenvalue weighted by atomic mass is 9.78. The average molecular weight is 555 g/mol. The topological polar surface area (TPSA) is 64.8 Å². The van der Waals surface area contributed by atoms with Crippen molar-refractivity contribution in [3.63, 3.8) is 0 Å². The van der Waals surface area contributed by atoms with Crippen LogP contribution < -0.4 is 10.5 Å². The minimum Gasteiger partial charge on any atom is -0.496 e. The number of nitrogens with zero attached hydrogens (tertiary/aromatic N) is 1. The van der Waals surface area contributed by atoms with E-state index >= 15 is 0 Å². The smallest absolute Gasteiger partial charge is 0.416 e. The molecule has 1 saturated heterocycles. The number of anilines is 1. The summed E-state index contributed by atoms with van der Waals surface area (Å²) in [6.07, 6.45) is -7.54. The summed E-state index contributed by atoms with van der Waals surface area (Å²) in [5.74, 6) is 0.627. The lowest BCUT2D eigenvalue weighted by Crippen LogP contribution is -2.35. The van der Waals surface area contributed by atoms with Crippen molar-refractivity contribution < 1.29 is 40.6 Å². The first-order valence-electron chi connectivity index (χ1n) is 12.6. The number of amides is 1. The van der Waals surface area contributed by atoms with E-state index in [-0.39, 0.29) is 23.6 Å². The van der Waals surface area contributed by atoms with E-state index in [4.69, 9.17) is 15.2 Å². The summed E-state index contributed by atoms with van der Waals surface area (Å²) in [4.78, 5) is 14.4. The van der Waals surface area contributed by atoms with E-state index in [1.54, 1.807) is 26.2 Å². The zero-order valence-corrected chi connectivity index (χ0v) is 21.4. The van der Waals surface area contributed by atoms with Gasteiger partial charge in [-0.2, -0.15) is 26.3 Å². The molecule has 2 N–H and O–H groups in total. The van der Waals surface area contributed by atoms with E-state index in [1.807, 2.05) is 6.07 Å². The van der Waals surface area contributed by atoms with Crippen LogP contribution in [0.3, 0.4) is 0 Å². The standard InChI is InChI=1S/C28H28F6N2O3/c1-15-24(16-9-18(27(29,30)31)11-19(10-16)28(32,33)34)39-25(37)36(15)14-17-13-26(7-8-26)6-5-21(17)22-12-20(35)3-4-23(22)38-2/h3-4,9-12,15,24H,5-8,13-14,35H2,1-2H3/t15-,24-/m0/s1. The molecule has 0 unspecified atom stereocenters. The highest BCUT2D eigenvalue weighted by Crippen LogP contribution is 2.59. The Morgan fingerprint density at radius 1 is 1.03 bits per heavy atom. The first-order chi connectivity index (χ1) is 18.2. The molecule has 1 saturated carbocycles. The summed E-state index contributed by atoms with van der Waals surface area (Å²) in [6.45, 7) is 1.71. The number of hydrogen-bond donors (Lipinski definition) is 1. The number of nitrogens with two attached hydrogens (primary N) is 1. The summed E-state index contributed by atoms with van der Waals surface area (Å²) in [5, 5.41) is 0. The van der Waals surface area contributed by atoms with Crippen LogP contribution in [0.1, 0.15) is 67.4 Å². The van der Waals surface area contributed by atoms with Gasteiger partial charge in [0.05, 0.1) is 24.3 Å². The molecule has 2 aromatic rings. The highest BCUT2D eigenvalue weighted by Gasteiger charge is 2.48. The van der Waals surface area contributed by atoms with E-state index in [9.17, 15) is 31.1 Å². The maximum atomic E-state index is 13.4. The first-order valence-corrected chi connectivity index (χ1v) is 12.6. The summed E-state index contributed by atoms with van der Waals surface area (Å²) in [6, 6.07) is 5.80. The second-order valence-corrected chi connectivity index (χ2v) is 10.7. The van der Waals surface area contributed by atoms with Crippen LogP contribution in [0.25, 0.3) is 5.57 Å². The van der Waals surface area contributed by atoms with Gasteiger partial charge in [-0.05, 0) is 97.6 Å². The second-order valence-electron chi connectivity index (χ2n) is 10.7. The van der Waals surface area contributed by atoms with Gasteiger partial charge in [0.2, 0.25) is 0 Å². The van der Waals surface area contributed by atoms with Crippen LogP contribution in [0.15, 0.2) is 42.0 Å². The largest absolute Gasteiger partial charge is 0.496 e. The van der Waals surface area contributed by atoms with Crippen molar-refractivity contribution in [1.29, 1.82) is 0 Å². The molecule has 1 aliphatic heterocycles. The van der Waals surface area contributed by atoms with Gasteiger partial charge in [0, 0.05) is 17.8 Å². The molecular weight excluding hydrogens is 526 g/mol. The number of ether oxygens (including phenoxy) is 2. The fourth-order valence-electron chi connectivity index (χ4n) is 5.76. The second kappa shape index (κ2) is 9.38. The van der Waals surface area contributed by atoms with Crippen molar-refractivity contribution in [1.82, 2.24) is 4.90 Å². The van der Waals surface area contributed by atoms with Crippen molar-refractivity contribution in [2.45, 2.75) is 63.5 Å². The Morgan fingerprint density at radius 3 is 2.23 bits per heavy atom. The molecule has 1 heterocycles. The number of carbonyl (C=O) groups excluding carboxylic acids is 1. The molecular formula is C28H28F6N2O3. The Labute approximate surface area is 221 Å². The number of nitrogen functional groups attached to an aromatic ring is 1. The van der Waals surface area contributed by atoms with E-state index in [1.165, 1.54) is 4.90 Å². The molecule has 5 nitrogen and oxygen atoms in total. The fourth-order valence-corrected chi connectivity index (χ4v) is 5.76. The van der Waals surface area contributed by atoms with Crippen LogP contribution in [0.2, 0.25) is 0 Å². The number of benzene rings is 2. The maximum Gasteiger partial charge on any atom is 0.416 e. The number of allylic oxidation sites excluding steroid dienone is 1. The number of carbonyl (C=O) groups is 1. The van der Waals surface area contributed by atoms with Gasteiger partial charge < -0.3 is 15.2 Å². The molecule has 11 heteroatoms. The van der Waals surface area contributed by atoms with Gasteiger partial charge >= 0.3 is 18.4 Å². The van der Waals surface area contributed by atoms with E-state index in [0.717, 1.165) is 48.8 Å². The molecule has 1 spiro atoms. The molecule has 3 aliphatic rings. The van der Waals surface area contributed by atoms with E-state index in [0.29, 0.717) is 23.6 Å². The van der Waals surface area contributed by atoms with Crippen LogP contribution in [0.5, 0.6) is 5.75 Å². The summed E-state index contributed by atoms with van der Waals surface area (Å²) in [7, 11) is 1.55. The molecule has 2 atom stereocenters. The van der Waals surface area contributed by atoms with Crippen molar-refractivity contribution in [2.24, 2.45) is 5.41 Å². The zero-order chi connectivity index (χ0) is 28.3. The van der Waals surface area contributed by atoms with Gasteiger partial charge in [-0.25, -0.2) is 4.79 Å². The van der Waals surface area contributed by atoms with E-state index in [2.05, 4.69) is 0 Å². The average Bonchev–Trinajstić information content (AvgIpc) is 3.55. The third kappa shape index (κ3) is 5.27. The fraction of sp³-hybridized carbons (Fsp3) is 0.464. The molecule has 39 heavy (non-hydrogen) atoms. The van der Waals surface area contributed by atoms with Crippen LogP contribution in [0, 0.1) is 5.41 Å². The maximum absolute atomic E-state index is 13.4. The molecule has 210 valence electrons. The number of methoxy groups -OCH3 is 1. The van der Waals surface area contributed by atoms with Crippen LogP contribution in [0.4, 0.5) is 36.8 Å². The van der Waals surface area contributed by atoms with Crippen LogP contribution in [-0.4, -0.2) is 30.7 Å². The predicted molar refractivity (Wildman–Crippen MR) is 132 cm³/mol. The van der Waals surface area contributed by atoms with Crippen molar-refractivity contribution in [3.05, 3.63) is 64.2 Å². The summed E-state index contributed by atoms with van der Waals surface area (Å²) < 4.78 is 91.6. The molecule has 0 aromatic heterocycles. The van der Waals surface area contributed by atoms with Gasteiger partial charge in [-0.15, -0.1) is 0 Å². The Morgan fingerprint density at radius 2 is 1.67 bits per heavy atom. The van der Waals surface area contributed by atoms with Gasteiger partial charge in [0.25, 0.3) is 0 Å². The number of hydrogen-bond acceptors (Lipinski definition) is 4. The van der Waals surface area contributed by atoms with Crippen molar-refractivity contribution >= 4 is 17.4 Å². The van der Waals surface area contributed by atoms with Crippen LogP contribution in [-0.2, 0) is 17.1 Å². The molecule has 0 bridgehead atoms. The minimum absolute atomic E-state index is 0.0653. The molecule has 2 aromatic carbocycles. The Kier molecular flexibility index (Phi) is 6.54. The SMILES string of the molecule is COc1ccc(N)cc1C1=C(CN2C(=O)O[C@H](c3cc(C(F)(F)F)cc(C(F)(F)F)c3)[C@@H]2C)CC2(CC1)CC2.